The summed E-state index contributed by atoms with van der Waals surface area (Å²) in [6.07, 6.45) is 0. The molecule has 0 fully saturated rings. The molecule has 3 N–H and O–H groups in total. The van der Waals surface area contributed by atoms with Gasteiger partial charge in [-0.05, 0) is 19.1 Å². The van der Waals surface area contributed by atoms with Gasteiger partial charge < -0.3 is 10.8 Å². The predicted octanol–water partition coefficient (Wildman–Crippen LogP) is 1.74. The van der Waals surface area contributed by atoms with Crippen molar-refractivity contribution in [1.82, 2.24) is 0 Å². The van der Waals surface area contributed by atoms with Crippen LogP contribution >= 0.6 is 0 Å². The zero-order valence-electron chi connectivity index (χ0n) is 7.42. The number of rotatable bonds is 2. The van der Waals surface area contributed by atoms with Crippen LogP contribution in [0.3, 0.4) is 0 Å². The Morgan fingerprint density at radius 3 is 2.21 bits per heavy atom. The SMILES string of the molecule is C[C@@H](C(=O)O)c1c(F)cc(N)cc1F. The van der Waals surface area contributed by atoms with Crippen molar-refractivity contribution in [3.63, 3.8) is 0 Å². The van der Waals surface area contributed by atoms with Crippen LogP contribution in [0.25, 0.3) is 0 Å². The molecule has 0 saturated carbocycles. The Kier molecular flexibility index (Phi) is 2.69. The lowest BCUT2D eigenvalue weighted by Crippen LogP contribution is -2.12. The van der Waals surface area contributed by atoms with Crippen molar-refractivity contribution in [3.05, 3.63) is 29.3 Å². The van der Waals surface area contributed by atoms with Crippen LogP contribution in [0.1, 0.15) is 18.4 Å². The molecule has 0 aliphatic rings. The minimum atomic E-state index is -1.28. The lowest BCUT2D eigenvalue weighted by molar-refractivity contribution is -0.138. The number of aliphatic carboxylic acids is 1. The quantitative estimate of drug-likeness (QED) is 0.716. The van der Waals surface area contributed by atoms with Gasteiger partial charge in [0.25, 0.3) is 0 Å². The Labute approximate surface area is 79.2 Å². The molecule has 0 aromatic heterocycles. The van der Waals surface area contributed by atoms with Gasteiger partial charge in [-0.1, -0.05) is 0 Å². The number of benzene rings is 1. The number of carbonyl (C=O) groups is 1. The van der Waals surface area contributed by atoms with Crippen molar-refractivity contribution < 1.29 is 18.7 Å². The number of hydrogen-bond donors (Lipinski definition) is 2. The van der Waals surface area contributed by atoms with E-state index in [-0.39, 0.29) is 5.69 Å². The normalized spacial score (nSPS) is 12.5. The van der Waals surface area contributed by atoms with Crippen LogP contribution < -0.4 is 5.73 Å². The summed E-state index contributed by atoms with van der Waals surface area (Å²) in [5.74, 6) is -4.38. The molecule has 76 valence electrons. The van der Waals surface area contributed by atoms with Crippen LogP contribution in [-0.2, 0) is 4.79 Å². The van der Waals surface area contributed by atoms with E-state index in [1.165, 1.54) is 6.92 Å². The molecule has 0 aliphatic carbocycles. The molecular formula is C9H9F2NO2. The Balaban J connectivity index is 3.27. The lowest BCUT2D eigenvalue weighted by Gasteiger charge is -2.09. The molecular weight excluding hydrogens is 192 g/mol. The standard InChI is InChI=1S/C9H9F2NO2/c1-4(9(13)14)8-6(10)2-5(12)3-7(8)11/h2-4H,12H2,1H3,(H,13,14)/t4-/m1/s1. The van der Waals surface area contributed by atoms with Crippen molar-refractivity contribution in [2.45, 2.75) is 12.8 Å². The van der Waals surface area contributed by atoms with Crippen molar-refractivity contribution in [2.75, 3.05) is 5.73 Å². The topological polar surface area (TPSA) is 63.3 Å². The molecule has 0 saturated heterocycles. The first-order valence-electron chi connectivity index (χ1n) is 3.90. The molecule has 3 nitrogen and oxygen atoms in total. The summed E-state index contributed by atoms with van der Waals surface area (Å²) in [6.45, 7) is 1.21. The third-order valence-electron chi connectivity index (χ3n) is 1.90. The average molecular weight is 201 g/mol. The van der Waals surface area contributed by atoms with Gasteiger partial charge in [-0.3, -0.25) is 4.79 Å². The molecule has 0 spiro atoms. The summed E-state index contributed by atoms with van der Waals surface area (Å²) >= 11 is 0. The molecule has 0 radical (unpaired) electrons. The van der Waals surface area contributed by atoms with Gasteiger partial charge in [0.1, 0.15) is 11.6 Å². The third kappa shape index (κ3) is 1.81. The monoisotopic (exact) mass is 201 g/mol. The minimum absolute atomic E-state index is 0.0682. The van der Waals surface area contributed by atoms with E-state index in [2.05, 4.69) is 0 Å². The molecule has 1 atom stereocenters. The summed E-state index contributed by atoms with van der Waals surface area (Å²) in [5.41, 5.74) is 4.64. The maximum absolute atomic E-state index is 13.1. The van der Waals surface area contributed by atoms with E-state index in [0.29, 0.717) is 0 Å². The molecule has 5 heteroatoms. The first-order valence-corrected chi connectivity index (χ1v) is 3.90. The van der Waals surface area contributed by atoms with Crippen LogP contribution in [-0.4, -0.2) is 11.1 Å². The van der Waals surface area contributed by atoms with Gasteiger partial charge in [0.15, 0.2) is 0 Å². The molecule has 0 unspecified atom stereocenters. The number of nitrogen functional groups attached to an aromatic ring is 1. The zero-order valence-corrected chi connectivity index (χ0v) is 7.42. The van der Waals surface area contributed by atoms with E-state index in [1.54, 1.807) is 0 Å². The Hall–Kier alpha value is -1.65. The highest BCUT2D eigenvalue weighted by Gasteiger charge is 2.22. The molecule has 0 bridgehead atoms. The number of halogens is 2. The second-order valence-electron chi connectivity index (χ2n) is 2.96. The van der Waals surface area contributed by atoms with Crippen molar-refractivity contribution in [1.29, 1.82) is 0 Å². The largest absolute Gasteiger partial charge is 0.481 e. The maximum atomic E-state index is 13.1. The number of anilines is 1. The van der Waals surface area contributed by atoms with E-state index >= 15 is 0 Å². The number of hydrogen-bond acceptors (Lipinski definition) is 2. The minimum Gasteiger partial charge on any atom is -0.481 e. The summed E-state index contributed by atoms with van der Waals surface area (Å²) < 4.78 is 26.3. The molecule has 1 aromatic carbocycles. The maximum Gasteiger partial charge on any atom is 0.310 e. The second kappa shape index (κ2) is 3.61. The first-order chi connectivity index (χ1) is 6.43. The van der Waals surface area contributed by atoms with Crippen molar-refractivity contribution in [3.8, 4) is 0 Å². The highest BCUT2D eigenvalue weighted by atomic mass is 19.1. The van der Waals surface area contributed by atoms with Crippen LogP contribution in [0, 0.1) is 11.6 Å². The fourth-order valence-corrected chi connectivity index (χ4v) is 1.14. The first kappa shape index (κ1) is 10.4. The summed E-state index contributed by atoms with van der Waals surface area (Å²) in [6, 6.07) is 1.80. The van der Waals surface area contributed by atoms with Gasteiger partial charge in [0.05, 0.1) is 5.92 Å². The van der Waals surface area contributed by atoms with Crippen molar-refractivity contribution >= 4 is 11.7 Å². The summed E-state index contributed by atoms with van der Waals surface area (Å²) in [5, 5.41) is 8.59. The third-order valence-corrected chi connectivity index (χ3v) is 1.90. The van der Waals surface area contributed by atoms with Crippen LogP contribution in [0.5, 0.6) is 0 Å². The van der Waals surface area contributed by atoms with E-state index in [9.17, 15) is 13.6 Å². The highest BCUT2D eigenvalue weighted by Crippen LogP contribution is 2.24. The van der Waals surface area contributed by atoms with E-state index in [4.69, 9.17) is 10.8 Å². The highest BCUT2D eigenvalue weighted by molar-refractivity contribution is 5.76. The Bertz CT molecular complexity index is 356. The predicted molar refractivity (Wildman–Crippen MR) is 46.8 cm³/mol. The number of carboxylic acids is 1. The molecule has 14 heavy (non-hydrogen) atoms. The van der Waals surface area contributed by atoms with Gasteiger partial charge in [-0.15, -0.1) is 0 Å². The zero-order chi connectivity index (χ0) is 10.9. The Morgan fingerprint density at radius 2 is 1.86 bits per heavy atom. The average Bonchev–Trinajstić information content (AvgIpc) is 2.01. The van der Waals surface area contributed by atoms with Crippen LogP contribution in [0.2, 0.25) is 0 Å². The smallest absolute Gasteiger partial charge is 0.310 e. The van der Waals surface area contributed by atoms with Crippen molar-refractivity contribution in [2.24, 2.45) is 0 Å². The van der Waals surface area contributed by atoms with Gasteiger partial charge >= 0.3 is 5.97 Å². The van der Waals surface area contributed by atoms with Gasteiger partial charge in [0.2, 0.25) is 0 Å². The molecule has 1 rings (SSSR count). The van der Waals surface area contributed by atoms with Crippen LogP contribution in [0.15, 0.2) is 12.1 Å². The van der Waals surface area contributed by atoms with Crippen LogP contribution in [0.4, 0.5) is 14.5 Å². The van der Waals surface area contributed by atoms with E-state index in [1.807, 2.05) is 0 Å². The van der Waals surface area contributed by atoms with Gasteiger partial charge in [-0.25, -0.2) is 8.78 Å². The van der Waals surface area contributed by atoms with Gasteiger partial charge in [0, 0.05) is 11.3 Å². The number of carboxylic acid groups (broad SMARTS) is 1. The molecule has 0 amide bonds. The Morgan fingerprint density at radius 1 is 1.43 bits per heavy atom. The fourth-order valence-electron chi connectivity index (χ4n) is 1.14. The van der Waals surface area contributed by atoms with Gasteiger partial charge in [-0.2, -0.15) is 0 Å². The molecule has 0 heterocycles. The molecule has 0 aliphatic heterocycles. The summed E-state index contributed by atoms with van der Waals surface area (Å²) in [7, 11) is 0. The fraction of sp³-hybridized carbons (Fsp3) is 0.222. The van der Waals surface area contributed by atoms with E-state index < -0.39 is 29.1 Å². The summed E-state index contributed by atoms with van der Waals surface area (Å²) in [4.78, 5) is 10.5. The van der Waals surface area contributed by atoms with E-state index in [0.717, 1.165) is 12.1 Å². The second-order valence-corrected chi connectivity index (χ2v) is 2.96. The lowest BCUT2D eigenvalue weighted by atomic mass is 10.00. The number of nitrogens with two attached hydrogens (primary N) is 1. The molecule has 1 aromatic rings.